The minimum Gasteiger partial charge on any atom is -0.497 e. The van der Waals surface area contributed by atoms with Crippen LogP contribution < -0.4 is 9.64 Å². The number of amides is 1. The lowest BCUT2D eigenvalue weighted by molar-refractivity contribution is -0.145. The Hall–Kier alpha value is -4.79. The molecule has 47 heavy (non-hydrogen) atoms. The van der Waals surface area contributed by atoms with E-state index in [2.05, 4.69) is 43.2 Å². The highest BCUT2D eigenvalue weighted by Crippen LogP contribution is 2.60. The summed E-state index contributed by atoms with van der Waals surface area (Å²) in [6, 6.07) is 35.5. The van der Waals surface area contributed by atoms with Crippen LogP contribution in [0.5, 0.6) is 5.75 Å². The fraction of sp³-hybridized carbons (Fsp3) is 0.308. The van der Waals surface area contributed by atoms with Gasteiger partial charge in [0.05, 0.1) is 25.1 Å². The van der Waals surface area contributed by atoms with Gasteiger partial charge in [0.2, 0.25) is 0 Å². The van der Waals surface area contributed by atoms with E-state index >= 15 is 0 Å². The van der Waals surface area contributed by atoms with Crippen LogP contribution in [0.4, 0.5) is 11.4 Å². The van der Waals surface area contributed by atoms with E-state index in [1.807, 2.05) is 102 Å². The van der Waals surface area contributed by atoms with Crippen molar-refractivity contribution >= 4 is 17.3 Å². The van der Waals surface area contributed by atoms with Gasteiger partial charge in [0, 0.05) is 29.6 Å². The zero-order chi connectivity index (χ0) is 32.8. The molecule has 7 rings (SSSR count). The Kier molecular flexibility index (Phi) is 7.94. The molecule has 8 heteroatoms. The number of para-hydroxylation sites is 2. The van der Waals surface area contributed by atoms with E-state index in [0.29, 0.717) is 18.7 Å². The standard InChI is InChI=1S/C39H40N4O4/c1-26-35(38(2,3)28-19-21-30(46-4)22-20-28)34(23-24-42-25-32(40-41-42)36(44)27-13-7-5-8-14-27)47-39(26)31-17-11-12-18-33(31)43(37(39)45)29-15-9-6-10-16-29/h5-22,25-26,34-36,44H,23-24H2,1-4H3/t26-,34+,35-,36+,39+/m0/s1. The molecule has 0 radical (unpaired) electrons. The van der Waals surface area contributed by atoms with E-state index in [-0.39, 0.29) is 29.3 Å². The van der Waals surface area contributed by atoms with Gasteiger partial charge in [-0.1, -0.05) is 105 Å². The van der Waals surface area contributed by atoms with Crippen LogP contribution in [0.2, 0.25) is 0 Å². The van der Waals surface area contributed by atoms with Crippen molar-refractivity contribution in [3.05, 3.63) is 138 Å². The summed E-state index contributed by atoms with van der Waals surface area (Å²) in [6.45, 7) is 7.17. The predicted octanol–water partition coefficient (Wildman–Crippen LogP) is 6.96. The molecule has 1 amide bonds. The normalized spacial score (nSPS) is 22.9. The van der Waals surface area contributed by atoms with Crippen molar-refractivity contribution in [1.82, 2.24) is 15.0 Å². The van der Waals surface area contributed by atoms with Gasteiger partial charge in [-0.05, 0) is 53.3 Å². The van der Waals surface area contributed by atoms with Crippen molar-refractivity contribution in [3.8, 4) is 5.75 Å². The molecule has 5 aromatic rings. The van der Waals surface area contributed by atoms with Crippen molar-refractivity contribution < 1.29 is 19.4 Å². The monoisotopic (exact) mass is 628 g/mol. The van der Waals surface area contributed by atoms with Crippen LogP contribution in [0.15, 0.2) is 115 Å². The second-order valence-corrected chi connectivity index (χ2v) is 13.2. The number of hydrogen-bond donors (Lipinski definition) is 1. The number of benzene rings is 4. The van der Waals surface area contributed by atoms with Crippen LogP contribution in [0, 0.1) is 11.8 Å². The summed E-state index contributed by atoms with van der Waals surface area (Å²) in [7, 11) is 1.67. The number of rotatable bonds is 9. The van der Waals surface area contributed by atoms with Gasteiger partial charge in [0.1, 0.15) is 17.5 Å². The first kappa shape index (κ1) is 30.8. The van der Waals surface area contributed by atoms with Crippen LogP contribution in [-0.4, -0.2) is 39.2 Å². The molecule has 240 valence electrons. The zero-order valence-electron chi connectivity index (χ0n) is 27.2. The number of carbonyl (C=O) groups excluding carboxylic acids is 1. The maximum absolute atomic E-state index is 14.9. The summed E-state index contributed by atoms with van der Waals surface area (Å²) in [5.41, 5.74) is 3.43. The number of nitrogens with zero attached hydrogens (tertiary/aromatic N) is 4. The van der Waals surface area contributed by atoms with E-state index in [4.69, 9.17) is 9.47 Å². The average Bonchev–Trinajstić information content (AvgIpc) is 3.77. The van der Waals surface area contributed by atoms with Crippen LogP contribution in [0.3, 0.4) is 0 Å². The molecule has 1 spiro atoms. The fourth-order valence-corrected chi connectivity index (χ4v) is 7.91. The molecule has 2 aliphatic heterocycles. The summed E-state index contributed by atoms with van der Waals surface area (Å²) < 4.78 is 14.4. The molecular weight excluding hydrogens is 588 g/mol. The van der Waals surface area contributed by atoms with Gasteiger partial charge in [-0.3, -0.25) is 14.4 Å². The maximum Gasteiger partial charge on any atom is 0.268 e. The Labute approximate surface area is 275 Å². The van der Waals surface area contributed by atoms with Crippen molar-refractivity contribution in [2.45, 2.75) is 57.0 Å². The third-order valence-corrected chi connectivity index (χ3v) is 10.3. The first-order chi connectivity index (χ1) is 22.8. The number of methoxy groups -OCH3 is 1. The van der Waals surface area contributed by atoms with Gasteiger partial charge in [0.15, 0.2) is 5.60 Å². The molecule has 0 bridgehead atoms. The molecule has 1 N–H and O–H groups in total. The molecule has 1 aromatic heterocycles. The smallest absolute Gasteiger partial charge is 0.268 e. The highest BCUT2D eigenvalue weighted by Gasteiger charge is 2.66. The number of aliphatic hydroxyl groups excluding tert-OH is 1. The number of hydrogen-bond acceptors (Lipinski definition) is 6. The second-order valence-electron chi connectivity index (χ2n) is 13.2. The second kappa shape index (κ2) is 12.1. The lowest BCUT2D eigenvalue weighted by Crippen LogP contribution is -2.44. The first-order valence-corrected chi connectivity index (χ1v) is 16.2. The number of fused-ring (bicyclic) bond motifs is 2. The number of aromatic nitrogens is 3. The third kappa shape index (κ3) is 5.12. The molecule has 4 aromatic carbocycles. The summed E-state index contributed by atoms with van der Waals surface area (Å²) in [5.74, 6) is 0.524. The molecule has 1 saturated heterocycles. The number of carbonyl (C=O) groups is 1. The van der Waals surface area contributed by atoms with Gasteiger partial charge in [0.25, 0.3) is 5.91 Å². The van der Waals surface area contributed by atoms with E-state index in [0.717, 1.165) is 33.8 Å². The van der Waals surface area contributed by atoms with E-state index in [1.54, 1.807) is 18.0 Å². The molecule has 0 unspecified atom stereocenters. The predicted molar refractivity (Wildman–Crippen MR) is 180 cm³/mol. The lowest BCUT2D eigenvalue weighted by Gasteiger charge is -2.38. The number of ether oxygens (including phenoxy) is 2. The summed E-state index contributed by atoms with van der Waals surface area (Å²) in [5, 5.41) is 19.6. The summed E-state index contributed by atoms with van der Waals surface area (Å²) >= 11 is 0. The van der Waals surface area contributed by atoms with Crippen LogP contribution in [-0.2, 0) is 27.1 Å². The Morgan fingerprint density at radius 1 is 0.936 bits per heavy atom. The topological polar surface area (TPSA) is 89.7 Å². The van der Waals surface area contributed by atoms with Gasteiger partial charge < -0.3 is 14.6 Å². The largest absolute Gasteiger partial charge is 0.497 e. The third-order valence-electron chi connectivity index (χ3n) is 10.3. The SMILES string of the molecule is COc1ccc(C(C)(C)[C@@H]2[C@@H](CCn3cc([C@H](O)c4ccccc4)nn3)O[C@]3(C(=O)N(c4ccccc4)c4ccccc43)[C@H]2C)cc1. The van der Waals surface area contributed by atoms with Gasteiger partial charge in [-0.15, -0.1) is 5.10 Å². The number of anilines is 2. The van der Waals surface area contributed by atoms with E-state index < -0.39 is 11.7 Å². The Morgan fingerprint density at radius 3 is 2.30 bits per heavy atom. The Balaban J connectivity index is 1.26. The Bertz CT molecular complexity index is 1860. The van der Waals surface area contributed by atoms with Crippen LogP contribution in [0.1, 0.15) is 55.7 Å². The molecule has 3 heterocycles. The summed E-state index contributed by atoms with van der Waals surface area (Å²) in [6.07, 6.45) is 1.24. The molecule has 1 fully saturated rings. The van der Waals surface area contributed by atoms with Crippen molar-refractivity contribution in [2.24, 2.45) is 11.8 Å². The van der Waals surface area contributed by atoms with Crippen LogP contribution in [0.25, 0.3) is 0 Å². The molecule has 2 aliphatic rings. The lowest BCUT2D eigenvalue weighted by atomic mass is 9.63. The quantitative estimate of drug-likeness (QED) is 0.190. The molecule has 5 atom stereocenters. The average molecular weight is 629 g/mol. The first-order valence-electron chi connectivity index (χ1n) is 16.2. The highest BCUT2D eigenvalue weighted by atomic mass is 16.5. The van der Waals surface area contributed by atoms with Gasteiger partial charge in [-0.2, -0.15) is 0 Å². The molecule has 0 saturated carbocycles. The van der Waals surface area contributed by atoms with Crippen molar-refractivity contribution in [1.29, 1.82) is 0 Å². The number of aryl methyl sites for hydroxylation is 1. The molecular formula is C39H40N4O4. The van der Waals surface area contributed by atoms with E-state index in [1.165, 1.54) is 0 Å². The highest BCUT2D eigenvalue weighted by molar-refractivity contribution is 6.12. The maximum atomic E-state index is 14.9. The summed E-state index contributed by atoms with van der Waals surface area (Å²) in [4.78, 5) is 16.7. The van der Waals surface area contributed by atoms with Gasteiger partial charge >= 0.3 is 0 Å². The number of aliphatic hydroxyl groups is 1. The van der Waals surface area contributed by atoms with E-state index in [9.17, 15) is 9.90 Å². The van der Waals surface area contributed by atoms with Crippen LogP contribution >= 0.6 is 0 Å². The van der Waals surface area contributed by atoms with Crippen molar-refractivity contribution in [3.63, 3.8) is 0 Å². The molecule has 8 nitrogen and oxygen atoms in total. The van der Waals surface area contributed by atoms with Crippen molar-refractivity contribution in [2.75, 3.05) is 12.0 Å². The minimum atomic E-state index is -1.16. The van der Waals surface area contributed by atoms with Gasteiger partial charge in [-0.25, -0.2) is 0 Å². The minimum absolute atomic E-state index is 0.0403. The Morgan fingerprint density at radius 2 is 1.60 bits per heavy atom. The fourth-order valence-electron chi connectivity index (χ4n) is 7.91. The molecule has 0 aliphatic carbocycles. The zero-order valence-corrected chi connectivity index (χ0v) is 27.2.